The van der Waals surface area contributed by atoms with Gasteiger partial charge in [0.2, 0.25) is 0 Å². The second-order valence-corrected chi connectivity index (χ2v) is 13.0. The molecular weight excluding hydrogens is 619 g/mol. The molecule has 0 unspecified atom stereocenters. The standard InChI is InChI=1S/C48H31N3/c1-2-12-32(13-3-1)35-28-36(30-37(29-35)48-43-18-6-9-19-44(43)49-31-50-48)33-22-24-34(25-23-33)38-26-27-47(40-15-5-4-14-39(38)40)51-45-20-10-7-16-41(45)42-17-8-11-21-46(42)51/h1-31H. The first kappa shape index (κ1) is 29.1. The van der Waals surface area contributed by atoms with Crippen LogP contribution in [0, 0.1) is 0 Å². The maximum Gasteiger partial charge on any atom is 0.116 e. The lowest BCUT2D eigenvalue weighted by atomic mass is 9.92. The average molecular weight is 650 g/mol. The van der Waals surface area contributed by atoms with E-state index in [4.69, 9.17) is 4.98 Å². The fourth-order valence-corrected chi connectivity index (χ4v) is 7.72. The van der Waals surface area contributed by atoms with Crippen molar-refractivity contribution in [3.8, 4) is 50.3 Å². The summed E-state index contributed by atoms with van der Waals surface area (Å²) >= 11 is 0. The number of fused-ring (bicyclic) bond motifs is 5. The van der Waals surface area contributed by atoms with Gasteiger partial charge in [-0.25, -0.2) is 9.97 Å². The fourth-order valence-electron chi connectivity index (χ4n) is 7.72. The molecule has 238 valence electrons. The number of aromatic nitrogens is 3. The van der Waals surface area contributed by atoms with E-state index in [2.05, 4.69) is 179 Å². The summed E-state index contributed by atoms with van der Waals surface area (Å²) in [5.74, 6) is 0. The van der Waals surface area contributed by atoms with Crippen LogP contribution in [0.5, 0.6) is 0 Å². The van der Waals surface area contributed by atoms with Crippen LogP contribution >= 0.6 is 0 Å². The quantitative estimate of drug-likeness (QED) is 0.186. The van der Waals surface area contributed by atoms with Gasteiger partial charge < -0.3 is 4.57 Å². The molecule has 2 heterocycles. The van der Waals surface area contributed by atoms with Gasteiger partial charge in [0.05, 0.1) is 27.9 Å². The maximum atomic E-state index is 4.78. The second-order valence-electron chi connectivity index (χ2n) is 13.0. The third kappa shape index (κ3) is 4.90. The molecule has 0 fully saturated rings. The van der Waals surface area contributed by atoms with Gasteiger partial charge in [-0.05, 0) is 81.2 Å². The highest BCUT2D eigenvalue weighted by Crippen LogP contribution is 2.39. The van der Waals surface area contributed by atoms with Crippen molar-refractivity contribution in [3.05, 3.63) is 188 Å². The monoisotopic (exact) mass is 649 g/mol. The topological polar surface area (TPSA) is 30.7 Å². The Kier molecular flexibility index (Phi) is 6.81. The van der Waals surface area contributed by atoms with E-state index in [1.165, 1.54) is 55.0 Å². The third-order valence-electron chi connectivity index (χ3n) is 10.1. The van der Waals surface area contributed by atoms with Gasteiger partial charge in [0, 0.05) is 27.1 Å². The van der Waals surface area contributed by atoms with Crippen LogP contribution in [0.15, 0.2) is 188 Å². The van der Waals surface area contributed by atoms with Crippen LogP contribution in [0.1, 0.15) is 0 Å². The minimum Gasteiger partial charge on any atom is -0.309 e. The first-order chi connectivity index (χ1) is 25.3. The van der Waals surface area contributed by atoms with Crippen LogP contribution in [-0.2, 0) is 0 Å². The molecular formula is C48H31N3. The molecule has 0 aliphatic heterocycles. The van der Waals surface area contributed by atoms with Gasteiger partial charge in [0.15, 0.2) is 0 Å². The lowest BCUT2D eigenvalue weighted by Crippen LogP contribution is -1.96. The van der Waals surface area contributed by atoms with Crippen molar-refractivity contribution in [1.29, 1.82) is 0 Å². The van der Waals surface area contributed by atoms with Gasteiger partial charge in [0.25, 0.3) is 0 Å². The van der Waals surface area contributed by atoms with Crippen LogP contribution in [-0.4, -0.2) is 14.5 Å². The lowest BCUT2D eigenvalue weighted by molar-refractivity contribution is 1.20. The zero-order valence-corrected chi connectivity index (χ0v) is 27.7. The molecule has 3 heteroatoms. The first-order valence-electron chi connectivity index (χ1n) is 17.3. The van der Waals surface area contributed by atoms with Crippen molar-refractivity contribution in [2.24, 2.45) is 0 Å². The highest BCUT2D eigenvalue weighted by atomic mass is 15.0. The molecule has 10 rings (SSSR count). The molecule has 0 saturated heterocycles. The van der Waals surface area contributed by atoms with Crippen molar-refractivity contribution in [2.75, 3.05) is 0 Å². The van der Waals surface area contributed by atoms with Crippen molar-refractivity contribution in [2.45, 2.75) is 0 Å². The third-order valence-corrected chi connectivity index (χ3v) is 10.1. The molecule has 3 nitrogen and oxygen atoms in total. The lowest BCUT2D eigenvalue weighted by Gasteiger charge is -2.15. The van der Waals surface area contributed by atoms with Gasteiger partial charge in [-0.3, -0.25) is 0 Å². The molecule has 0 radical (unpaired) electrons. The highest BCUT2D eigenvalue weighted by molar-refractivity contribution is 6.11. The summed E-state index contributed by atoms with van der Waals surface area (Å²) in [6, 6.07) is 65.3. The largest absolute Gasteiger partial charge is 0.309 e. The number of para-hydroxylation sites is 3. The summed E-state index contributed by atoms with van der Waals surface area (Å²) in [5, 5.41) is 6.03. The Bertz CT molecular complexity index is 2840. The van der Waals surface area contributed by atoms with Gasteiger partial charge in [-0.1, -0.05) is 140 Å². The molecule has 8 aromatic carbocycles. The van der Waals surface area contributed by atoms with Gasteiger partial charge in [0.1, 0.15) is 6.33 Å². The van der Waals surface area contributed by atoms with E-state index in [-0.39, 0.29) is 0 Å². The summed E-state index contributed by atoms with van der Waals surface area (Å²) < 4.78 is 2.41. The normalized spacial score (nSPS) is 11.5. The molecule has 0 aliphatic rings. The number of hydrogen-bond donors (Lipinski definition) is 0. The molecule has 0 saturated carbocycles. The Morgan fingerprint density at radius 2 is 0.863 bits per heavy atom. The van der Waals surface area contributed by atoms with Crippen LogP contribution in [0.4, 0.5) is 0 Å². The van der Waals surface area contributed by atoms with Crippen molar-refractivity contribution < 1.29 is 0 Å². The van der Waals surface area contributed by atoms with E-state index < -0.39 is 0 Å². The molecule has 0 atom stereocenters. The van der Waals surface area contributed by atoms with Crippen LogP contribution < -0.4 is 0 Å². The number of nitrogens with zero attached hydrogens (tertiary/aromatic N) is 3. The Morgan fingerprint density at radius 1 is 0.333 bits per heavy atom. The van der Waals surface area contributed by atoms with Gasteiger partial charge in [-0.2, -0.15) is 0 Å². The Morgan fingerprint density at radius 3 is 1.57 bits per heavy atom. The van der Waals surface area contributed by atoms with Gasteiger partial charge >= 0.3 is 0 Å². The van der Waals surface area contributed by atoms with E-state index in [0.29, 0.717) is 0 Å². The maximum absolute atomic E-state index is 4.78. The minimum absolute atomic E-state index is 0.936. The second kappa shape index (κ2) is 11.9. The molecule has 0 amide bonds. The average Bonchev–Trinajstić information content (AvgIpc) is 3.54. The number of hydrogen-bond acceptors (Lipinski definition) is 2. The predicted molar refractivity (Wildman–Crippen MR) is 213 cm³/mol. The zero-order chi connectivity index (χ0) is 33.7. The number of benzene rings is 8. The van der Waals surface area contributed by atoms with E-state index in [1.54, 1.807) is 6.33 Å². The van der Waals surface area contributed by atoms with Crippen LogP contribution in [0.25, 0.3) is 93.8 Å². The summed E-state index contributed by atoms with van der Waals surface area (Å²) in [5.41, 5.74) is 13.6. The molecule has 0 spiro atoms. The van der Waals surface area contributed by atoms with Crippen molar-refractivity contribution in [3.63, 3.8) is 0 Å². The van der Waals surface area contributed by atoms with Gasteiger partial charge in [-0.15, -0.1) is 0 Å². The molecule has 51 heavy (non-hydrogen) atoms. The number of rotatable bonds is 5. The predicted octanol–water partition coefficient (Wildman–Crippen LogP) is 12.5. The van der Waals surface area contributed by atoms with E-state index in [1.807, 2.05) is 12.1 Å². The van der Waals surface area contributed by atoms with Crippen molar-refractivity contribution >= 4 is 43.5 Å². The zero-order valence-electron chi connectivity index (χ0n) is 27.7. The van der Waals surface area contributed by atoms with Crippen molar-refractivity contribution in [1.82, 2.24) is 14.5 Å². The van der Waals surface area contributed by atoms with E-state index >= 15 is 0 Å². The fraction of sp³-hybridized carbons (Fsp3) is 0. The SMILES string of the molecule is c1ccc(-c2cc(-c3ccc(-c4ccc(-n5c6ccccc6c6ccccc65)c5ccccc45)cc3)cc(-c3ncnc4ccccc34)c2)cc1. The Labute approximate surface area is 295 Å². The first-order valence-corrected chi connectivity index (χ1v) is 17.3. The molecule has 0 aliphatic carbocycles. The smallest absolute Gasteiger partial charge is 0.116 e. The van der Waals surface area contributed by atoms with E-state index in [9.17, 15) is 0 Å². The van der Waals surface area contributed by atoms with Crippen LogP contribution in [0.2, 0.25) is 0 Å². The summed E-state index contributed by atoms with van der Waals surface area (Å²) in [6.07, 6.45) is 1.66. The summed E-state index contributed by atoms with van der Waals surface area (Å²) in [4.78, 5) is 9.30. The Balaban J connectivity index is 1.10. The summed E-state index contributed by atoms with van der Waals surface area (Å²) in [7, 11) is 0. The Hall–Kier alpha value is -6.84. The minimum atomic E-state index is 0.936. The highest BCUT2D eigenvalue weighted by Gasteiger charge is 2.16. The molecule has 0 N–H and O–H groups in total. The molecule has 10 aromatic rings. The van der Waals surface area contributed by atoms with E-state index in [0.717, 1.165) is 38.9 Å². The van der Waals surface area contributed by atoms with Crippen LogP contribution in [0.3, 0.4) is 0 Å². The molecule has 2 aromatic heterocycles. The molecule has 0 bridgehead atoms. The summed E-state index contributed by atoms with van der Waals surface area (Å²) in [6.45, 7) is 0.